The SMILES string of the molecule is C=O.CC.COC(=O)c1ccc(-c2ccn(CCN)n2)s1.COC(C)(C)C. The van der Waals surface area contributed by atoms with Crippen molar-refractivity contribution < 1.29 is 19.1 Å². The Bertz CT molecular complexity index is 633. The number of esters is 1. The summed E-state index contributed by atoms with van der Waals surface area (Å²) in [4.78, 5) is 20.8. The fraction of sp³-hybridized carbons (Fsp3) is 0.526. The Balaban J connectivity index is 0. The molecule has 0 aliphatic heterocycles. The summed E-state index contributed by atoms with van der Waals surface area (Å²) >= 11 is 1.37. The van der Waals surface area contributed by atoms with Gasteiger partial charge in [0.25, 0.3) is 0 Å². The maximum Gasteiger partial charge on any atom is 0.348 e. The number of thiophene rings is 1. The molecule has 0 saturated carbocycles. The maximum atomic E-state index is 11.3. The summed E-state index contributed by atoms with van der Waals surface area (Å²) in [5, 5.41) is 4.36. The Kier molecular flexibility index (Phi) is 15.2. The maximum absolute atomic E-state index is 11.3. The van der Waals surface area contributed by atoms with Crippen LogP contribution in [0, 0.1) is 0 Å². The predicted octanol–water partition coefficient (Wildman–Crippen LogP) is 3.63. The molecular weight excluding hydrogens is 366 g/mol. The first-order chi connectivity index (χ1) is 12.8. The second-order valence-corrected chi connectivity index (χ2v) is 6.81. The molecule has 154 valence electrons. The fourth-order valence-corrected chi connectivity index (χ4v) is 2.32. The third-order valence-electron chi connectivity index (χ3n) is 2.86. The molecule has 2 rings (SSSR count). The molecule has 7 nitrogen and oxygen atoms in total. The van der Waals surface area contributed by atoms with Gasteiger partial charge in [0.1, 0.15) is 17.4 Å². The second-order valence-electron chi connectivity index (χ2n) is 5.72. The molecule has 0 amide bonds. The van der Waals surface area contributed by atoms with Crippen LogP contribution in [0.5, 0.6) is 0 Å². The van der Waals surface area contributed by atoms with Gasteiger partial charge in [-0.3, -0.25) is 4.68 Å². The number of methoxy groups -OCH3 is 2. The minimum atomic E-state index is -0.317. The van der Waals surface area contributed by atoms with Crippen LogP contribution in [-0.2, 0) is 20.8 Å². The van der Waals surface area contributed by atoms with Crippen LogP contribution >= 0.6 is 11.3 Å². The highest BCUT2D eigenvalue weighted by Crippen LogP contribution is 2.26. The molecule has 0 radical (unpaired) electrons. The lowest BCUT2D eigenvalue weighted by atomic mass is 10.2. The number of aromatic nitrogens is 2. The average Bonchev–Trinajstić information content (AvgIpc) is 3.34. The molecule has 2 heterocycles. The lowest BCUT2D eigenvalue weighted by molar-refractivity contribution is -0.0980. The number of nitrogens with two attached hydrogens (primary N) is 1. The van der Waals surface area contributed by atoms with E-state index >= 15 is 0 Å². The zero-order chi connectivity index (χ0) is 21.5. The van der Waals surface area contributed by atoms with Crippen LogP contribution in [0.2, 0.25) is 0 Å². The Labute approximate surface area is 166 Å². The highest BCUT2D eigenvalue weighted by molar-refractivity contribution is 7.17. The van der Waals surface area contributed by atoms with Crippen molar-refractivity contribution in [3.05, 3.63) is 29.3 Å². The number of nitrogens with zero attached hydrogens (tertiary/aromatic N) is 2. The van der Waals surface area contributed by atoms with E-state index in [9.17, 15) is 4.79 Å². The molecule has 0 aliphatic carbocycles. The summed E-state index contributed by atoms with van der Waals surface area (Å²) in [5.74, 6) is -0.317. The minimum absolute atomic E-state index is 0.0417. The number of ether oxygens (including phenoxy) is 2. The molecule has 8 heteroatoms. The first-order valence-electron chi connectivity index (χ1n) is 8.56. The van der Waals surface area contributed by atoms with E-state index in [2.05, 4.69) is 9.84 Å². The molecular formula is C19H33N3O4S. The number of hydrogen-bond acceptors (Lipinski definition) is 7. The Hall–Kier alpha value is -2.03. The first-order valence-corrected chi connectivity index (χ1v) is 9.38. The Morgan fingerprint density at radius 3 is 2.22 bits per heavy atom. The quantitative estimate of drug-likeness (QED) is 0.789. The minimum Gasteiger partial charge on any atom is -0.465 e. The lowest BCUT2D eigenvalue weighted by Crippen LogP contribution is -2.15. The van der Waals surface area contributed by atoms with Crippen LogP contribution in [0.25, 0.3) is 10.6 Å². The van der Waals surface area contributed by atoms with Crippen molar-refractivity contribution in [3.63, 3.8) is 0 Å². The number of carbonyl (C=O) groups is 2. The van der Waals surface area contributed by atoms with Gasteiger partial charge in [-0.25, -0.2) is 4.79 Å². The smallest absolute Gasteiger partial charge is 0.348 e. The molecule has 2 aromatic rings. The Morgan fingerprint density at radius 1 is 1.22 bits per heavy atom. The average molecular weight is 400 g/mol. The van der Waals surface area contributed by atoms with E-state index in [0.717, 1.165) is 10.6 Å². The third-order valence-corrected chi connectivity index (χ3v) is 3.94. The van der Waals surface area contributed by atoms with Gasteiger partial charge in [0.15, 0.2) is 0 Å². The summed E-state index contributed by atoms with van der Waals surface area (Å²) in [7, 11) is 3.08. The second kappa shape index (κ2) is 15.1. The highest BCUT2D eigenvalue weighted by Gasteiger charge is 2.11. The van der Waals surface area contributed by atoms with Gasteiger partial charge in [-0.05, 0) is 39.0 Å². The van der Waals surface area contributed by atoms with Crippen molar-refractivity contribution in [2.45, 2.75) is 46.8 Å². The zero-order valence-corrected chi connectivity index (χ0v) is 18.3. The van der Waals surface area contributed by atoms with Crippen molar-refractivity contribution >= 4 is 24.1 Å². The topological polar surface area (TPSA) is 96.4 Å². The number of carbonyl (C=O) groups excluding carboxylic acids is 2. The molecule has 0 fully saturated rings. The third kappa shape index (κ3) is 11.3. The van der Waals surface area contributed by atoms with Crippen molar-refractivity contribution in [2.24, 2.45) is 5.73 Å². The summed E-state index contributed by atoms with van der Waals surface area (Å²) < 4.78 is 11.4. The molecule has 0 aliphatic rings. The van der Waals surface area contributed by atoms with Gasteiger partial charge in [-0.2, -0.15) is 5.10 Å². The van der Waals surface area contributed by atoms with E-state index in [1.54, 1.807) is 17.9 Å². The van der Waals surface area contributed by atoms with E-state index in [-0.39, 0.29) is 11.6 Å². The van der Waals surface area contributed by atoms with Gasteiger partial charge in [0, 0.05) is 19.9 Å². The van der Waals surface area contributed by atoms with Crippen LogP contribution in [-0.4, -0.2) is 48.9 Å². The number of hydrogen-bond donors (Lipinski definition) is 1. The lowest BCUT2D eigenvalue weighted by Gasteiger charge is -2.14. The molecule has 2 aromatic heterocycles. The molecule has 0 atom stereocenters. The molecule has 0 unspecified atom stereocenters. The van der Waals surface area contributed by atoms with Crippen LogP contribution in [0.4, 0.5) is 0 Å². The Morgan fingerprint density at radius 2 is 1.78 bits per heavy atom. The largest absolute Gasteiger partial charge is 0.465 e. The summed E-state index contributed by atoms with van der Waals surface area (Å²) in [6.45, 7) is 13.3. The van der Waals surface area contributed by atoms with Crippen molar-refractivity contribution in [3.8, 4) is 10.6 Å². The first kappa shape index (κ1) is 27.2. The van der Waals surface area contributed by atoms with E-state index in [1.165, 1.54) is 18.4 Å². The van der Waals surface area contributed by atoms with Crippen LogP contribution in [0.15, 0.2) is 24.4 Å². The summed E-state index contributed by atoms with van der Waals surface area (Å²) in [6, 6.07) is 5.52. The zero-order valence-electron chi connectivity index (χ0n) is 17.4. The predicted molar refractivity (Wildman–Crippen MR) is 111 cm³/mol. The van der Waals surface area contributed by atoms with E-state index in [4.69, 9.17) is 15.3 Å². The van der Waals surface area contributed by atoms with Gasteiger partial charge in [-0.15, -0.1) is 11.3 Å². The molecule has 0 spiro atoms. The summed E-state index contributed by atoms with van der Waals surface area (Å²) in [5.41, 5.74) is 6.34. The molecule has 27 heavy (non-hydrogen) atoms. The van der Waals surface area contributed by atoms with Gasteiger partial charge >= 0.3 is 5.97 Å². The van der Waals surface area contributed by atoms with Crippen molar-refractivity contribution in [1.29, 1.82) is 0 Å². The van der Waals surface area contributed by atoms with Gasteiger partial charge in [0.2, 0.25) is 0 Å². The standard InChI is InChI=1S/C11H13N3O2S.C5H12O.C2H6.CH2O/c1-16-11(15)10-3-2-9(17-10)8-4-6-14(13-8)7-5-12;1-5(2,3)6-4;2*1-2/h2-4,6H,5,7,12H2,1H3;1-4H3;1-2H3;1H2. The highest BCUT2D eigenvalue weighted by atomic mass is 32.1. The van der Waals surface area contributed by atoms with E-state index < -0.39 is 0 Å². The van der Waals surface area contributed by atoms with Crippen LogP contribution in [0.3, 0.4) is 0 Å². The van der Waals surface area contributed by atoms with Crippen LogP contribution in [0.1, 0.15) is 44.3 Å². The summed E-state index contributed by atoms with van der Waals surface area (Å²) in [6.07, 6.45) is 1.87. The van der Waals surface area contributed by atoms with Crippen molar-refractivity contribution in [1.82, 2.24) is 9.78 Å². The van der Waals surface area contributed by atoms with Gasteiger partial charge < -0.3 is 20.0 Å². The van der Waals surface area contributed by atoms with E-state index in [0.29, 0.717) is 18.0 Å². The number of rotatable bonds is 4. The van der Waals surface area contributed by atoms with Gasteiger partial charge in [0.05, 0.1) is 24.1 Å². The van der Waals surface area contributed by atoms with Crippen molar-refractivity contribution in [2.75, 3.05) is 20.8 Å². The normalized spacial score (nSPS) is 9.63. The monoisotopic (exact) mass is 399 g/mol. The molecule has 0 bridgehead atoms. The molecule has 2 N–H and O–H groups in total. The molecule has 0 saturated heterocycles. The molecule has 0 aromatic carbocycles. The van der Waals surface area contributed by atoms with E-state index in [1.807, 2.05) is 59.7 Å². The fourth-order valence-electron chi connectivity index (χ4n) is 1.44. The van der Waals surface area contributed by atoms with Crippen LogP contribution < -0.4 is 5.73 Å². The van der Waals surface area contributed by atoms with Gasteiger partial charge in [-0.1, -0.05) is 13.8 Å².